The topological polar surface area (TPSA) is 78.6 Å². The van der Waals surface area contributed by atoms with Crippen LogP contribution in [0.4, 0.5) is 34.6 Å². The molecule has 1 heterocycles. The molecule has 0 spiro atoms. The highest BCUT2D eigenvalue weighted by Crippen LogP contribution is 2.40. The molecule has 6 nitrogen and oxygen atoms in total. The lowest BCUT2D eigenvalue weighted by atomic mass is 10.1. The number of rotatable bonds is 5. The fraction of sp³-hybridized carbons (Fsp3) is 0.368. The number of aliphatic hydroxyl groups is 1. The van der Waals surface area contributed by atoms with E-state index in [9.17, 15) is 32.8 Å². The maximum absolute atomic E-state index is 14.5. The summed E-state index contributed by atoms with van der Waals surface area (Å²) in [4.78, 5) is 12.1. The highest BCUT2D eigenvalue weighted by atomic mass is 35.5. The molecule has 1 aliphatic heterocycles. The lowest BCUT2D eigenvalue weighted by Gasteiger charge is -2.31. The van der Waals surface area contributed by atoms with Crippen molar-refractivity contribution in [1.82, 2.24) is 0 Å². The van der Waals surface area contributed by atoms with E-state index in [1.807, 2.05) is 4.90 Å². The zero-order chi connectivity index (χ0) is 22.1. The van der Waals surface area contributed by atoms with Gasteiger partial charge in [-0.15, -0.1) is 0 Å². The Balaban J connectivity index is 1.77. The van der Waals surface area contributed by atoms with Crippen LogP contribution < -0.4 is 10.2 Å². The van der Waals surface area contributed by atoms with E-state index in [1.165, 1.54) is 6.07 Å². The Bertz CT molecular complexity index is 947. The van der Waals surface area contributed by atoms with Gasteiger partial charge >= 0.3 is 6.18 Å². The molecule has 11 heteroatoms. The Morgan fingerprint density at radius 1 is 1.23 bits per heavy atom. The molecular formula is C19H18ClF4N3O3. The van der Waals surface area contributed by atoms with E-state index >= 15 is 0 Å². The number of alkyl halides is 3. The number of hydrogen-bond donors (Lipinski definition) is 2. The third kappa shape index (κ3) is 4.93. The third-order valence-electron chi connectivity index (χ3n) is 4.89. The minimum Gasteiger partial charge on any atom is -0.393 e. The van der Waals surface area contributed by atoms with E-state index in [1.54, 1.807) is 12.1 Å². The van der Waals surface area contributed by atoms with Gasteiger partial charge in [-0.2, -0.15) is 13.2 Å². The molecule has 30 heavy (non-hydrogen) atoms. The van der Waals surface area contributed by atoms with E-state index < -0.39 is 33.2 Å². The van der Waals surface area contributed by atoms with Crippen molar-refractivity contribution in [3.05, 3.63) is 62.4 Å². The lowest BCUT2D eigenvalue weighted by molar-refractivity contribution is -0.384. The maximum atomic E-state index is 14.5. The van der Waals surface area contributed by atoms with Crippen LogP contribution in [0.2, 0.25) is 5.02 Å². The number of benzene rings is 2. The molecular weight excluding hydrogens is 430 g/mol. The number of nitro groups is 1. The molecule has 0 unspecified atom stereocenters. The van der Waals surface area contributed by atoms with Crippen LogP contribution in [-0.4, -0.2) is 29.2 Å². The zero-order valence-corrected chi connectivity index (χ0v) is 16.3. The van der Waals surface area contributed by atoms with Gasteiger partial charge in [0, 0.05) is 25.7 Å². The van der Waals surface area contributed by atoms with Gasteiger partial charge < -0.3 is 15.3 Å². The maximum Gasteiger partial charge on any atom is 0.418 e. The van der Waals surface area contributed by atoms with Crippen molar-refractivity contribution in [3.8, 4) is 0 Å². The highest BCUT2D eigenvalue weighted by molar-refractivity contribution is 6.31. The van der Waals surface area contributed by atoms with Gasteiger partial charge in [-0.25, -0.2) is 4.39 Å². The summed E-state index contributed by atoms with van der Waals surface area (Å²) in [5.41, 5.74) is -1.46. The summed E-state index contributed by atoms with van der Waals surface area (Å²) in [5.74, 6) is -0.495. The van der Waals surface area contributed by atoms with Crippen molar-refractivity contribution in [2.24, 2.45) is 0 Å². The van der Waals surface area contributed by atoms with Crippen LogP contribution in [0.15, 0.2) is 30.3 Å². The summed E-state index contributed by atoms with van der Waals surface area (Å²) < 4.78 is 53.4. The van der Waals surface area contributed by atoms with Crippen molar-refractivity contribution in [2.75, 3.05) is 23.3 Å². The largest absolute Gasteiger partial charge is 0.418 e. The second-order valence-electron chi connectivity index (χ2n) is 6.96. The van der Waals surface area contributed by atoms with Crippen molar-refractivity contribution < 1.29 is 27.6 Å². The first-order chi connectivity index (χ1) is 14.1. The molecule has 162 valence electrons. The number of nitro benzene ring substituents is 1. The molecule has 2 N–H and O–H groups in total. The van der Waals surface area contributed by atoms with Crippen LogP contribution in [0.25, 0.3) is 0 Å². The molecule has 1 saturated heterocycles. The first-order valence-electron chi connectivity index (χ1n) is 9.06. The van der Waals surface area contributed by atoms with E-state index in [4.69, 9.17) is 11.6 Å². The molecule has 0 radical (unpaired) electrons. The number of nitrogens with zero attached hydrogens (tertiary/aromatic N) is 2. The summed E-state index contributed by atoms with van der Waals surface area (Å²) in [6.45, 7) is 0.982. The quantitative estimate of drug-likeness (QED) is 0.384. The predicted molar refractivity (Wildman–Crippen MR) is 104 cm³/mol. The Morgan fingerprint density at radius 3 is 2.47 bits per heavy atom. The van der Waals surface area contributed by atoms with Crippen LogP contribution in [0.1, 0.15) is 24.0 Å². The monoisotopic (exact) mass is 447 g/mol. The van der Waals surface area contributed by atoms with Gasteiger partial charge in [-0.05, 0) is 36.6 Å². The van der Waals surface area contributed by atoms with Crippen LogP contribution >= 0.6 is 11.6 Å². The minimum atomic E-state index is -4.83. The van der Waals surface area contributed by atoms with Crippen molar-refractivity contribution >= 4 is 28.7 Å². The average molecular weight is 448 g/mol. The normalized spacial score (nSPS) is 15.3. The minimum absolute atomic E-state index is 0.0571. The Hall–Kier alpha value is -2.59. The standard InChI is InChI=1S/C19H18ClF4N3O3/c20-14-9-16(18(27(29)30)8-13(14)19(22,23)24)25-10-11-1-2-17(15(21)7-11)26-5-3-12(28)4-6-26/h1-2,7-9,12,25,28H,3-6,10H2. The number of anilines is 2. The molecule has 1 fully saturated rings. The van der Waals surface area contributed by atoms with Crippen LogP contribution in [0.3, 0.4) is 0 Å². The summed E-state index contributed by atoms with van der Waals surface area (Å²) >= 11 is 5.65. The van der Waals surface area contributed by atoms with E-state index in [-0.39, 0.29) is 18.3 Å². The average Bonchev–Trinajstić information content (AvgIpc) is 2.66. The Morgan fingerprint density at radius 2 is 1.90 bits per heavy atom. The third-order valence-corrected chi connectivity index (χ3v) is 5.20. The number of piperidine rings is 1. The van der Waals surface area contributed by atoms with Gasteiger partial charge in [-0.1, -0.05) is 17.7 Å². The van der Waals surface area contributed by atoms with Gasteiger partial charge in [0.15, 0.2) is 0 Å². The fourth-order valence-electron chi connectivity index (χ4n) is 3.29. The van der Waals surface area contributed by atoms with Crippen molar-refractivity contribution in [1.29, 1.82) is 0 Å². The second-order valence-corrected chi connectivity index (χ2v) is 7.37. The van der Waals surface area contributed by atoms with Crippen LogP contribution in [0.5, 0.6) is 0 Å². The second kappa shape index (κ2) is 8.65. The Labute approximate surface area is 174 Å². The molecule has 0 bridgehead atoms. The highest BCUT2D eigenvalue weighted by Gasteiger charge is 2.36. The molecule has 0 atom stereocenters. The zero-order valence-electron chi connectivity index (χ0n) is 15.5. The molecule has 0 amide bonds. The predicted octanol–water partition coefficient (Wildman–Crippen LogP) is 4.98. The van der Waals surface area contributed by atoms with Crippen molar-refractivity contribution in [2.45, 2.75) is 31.7 Å². The first-order valence-corrected chi connectivity index (χ1v) is 9.44. The van der Waals surface area contributed by atoms with Crippen LogP contribution in [0, 0.1) is 15.9 Å². The van der Waals surface area contributed by atoms with E-state index in [2.05, 4.69) is 5.32 Å². The molecule has 0 saturated carbocycles. The van der Waals surface area contributed by atoms with Crippen molar-refractivity contribution in [3.63, 3.8) is 0 Å². The molecule has 0 aliphatic carbocycles. The Kier molecular flexibility index (Phi) is 6.37. The lowest BCUT2D eigenvalue weighted by Crippen LogP contribution is -2.36. The van der Waals surface area contributed by atoms with Gasteiger partial charge in [-0.3, -0.25) is 10.1 Å². The number of nitrogens with one attached hydrogen (secondary N) is 1. The molecule has 2 aromatic rings. The number of aliphatic hydroxyl groups excluding tert-OH is 1. The summed E-state index contributed by atoms with van der Waals surface area (Å²) in [7, 11) is 0. The number of halogens is 5. The van der Waals surface area contributed by atoms with Gasteiger partial charge in [0.25, 0.3) is 5.69 Å². The van der Waals surface area contributed by atoms with Gasteiger partial charge in [0.05, 0.1) is 27.3 Å². The summed E-state index contributed by atoms with van der Waals surface area (Å²) in [5, 5.41) is 22.7. The summed E-state index contributed by atoms with van der Waals surface area (Å²) in [6.07, 6.45) is -4.13. The van der Waals surface area contributed by atoms with E-state index in [0.29, 0.717) is 43.2 Å². The first kappa shape index (κ1) is 22.1. The van der Waals surface area contributed by atoms with Gasteiger partial charge in [0.2, 0.25) is 0 Å². The van der Waals surface area contributed by atoms with Crippen LogP contribution in [-0.2, 0) is 12.7 Å². The molecule has 0 aromatic heterocycles. The van der Waals surface area contributed by atoms with Gasteiger partial charge in [0.1, 0.15) is 11.5 Å². The smallest absolute Gasteiger partial charge is 0.393 e. The number of hydrogen-bond acceptors (Lipinski definition) is 5. The molecule has 2 aromatic carbocycles. The fourth-order valence-corrected chi connectivity index (χ4v) is 3.56. The summed E-state index contributed by atoms with van der Waals surface area (Å²) in [6, 6.07) is 5.66. The molecule has 3 rings (SSSR count). The molecule has 1 aliphatic rings. The van der Waals surface area contributed by atoms with E-state index in [0.717, 1.165) is 6.07 Å². The SMILES string of the molecule is O=[N+]([O-])c1cc(C(F)(F)F)c(Cl)cc1NCc1ccc(N2CCC(O)CC2)c(F)c1.